The number of H-pyrrole nitrogens is 1. The lowest BCUT2D eigenvalue weighted by atomic mass is 10.0. The predicted octanol–water partition coefficient (Wildman–Crippen LogP) is 2.37. The number of nitrogens with one attached hydrogen (secondary N) is 1. The van der Waals surface area contributed by atoms with E-state index in [1.165, 1.54) is 22.0 Å². The number of hydrogen-bond acceptors (Lipinski definition) is 1. The average molecular weight is 188 g/mol. The number of nitrogens with two attached hydrogens (primary N) is 1. The molecule has 1 heterocycles. The Bertz CT molecular complexity index is 441. The van der Waals surface area contributed by atoms with Crippen molar-refractivity contribution >= 4 is 10.9 Å². The van der Waals surface area contributed by atoms with E-state index in [2.05, 4.69) is 36.3 Å². The monoisotopic (exact) mass is 188 g/mol. The van der Waals surface area contributed by atoms with Crippen LogP contribution >= 0.6 is 0 Å². The highest BCUT2D eigenvalue weighted by Crippen LogP contribution is 2.22. The van der Waals surface area contributed by atoms with E-state index in [9.17, 15) is 0 Å². The van der Waals surface area contributed by atoms with Crippen LogP contribution in [0.2, 0.25) is 0 Å². The van der Waals surface area contributed by atoms with Gasteiger partial charge in [0.15, 0.2) is 0 Å². The molecule has 0 radical (unpaired) electrons. The van der Waals surface area contributed by atoms with Crippen LogP contribution in [0.1, 0.15) is 18.1 Å². The molecule has 0 fully saturated rings. The highest BCUT2D eigenvalue weighted by atomic mass is 14.7. The second-order valence-electron chi connectivity index (χ2n) is 3.99. The van der Waals surface area contributed by atoms with Gasteiger partial charge in [-0.1, -0.05) is 12.1 Å². The first-order chi connectivity index (χ1) is 6.68. The molecule has 1 atom stereocenters. The van der Waals surface area contributed by atoms with Gasteiger partial charge in [0.25, 0.3) is 0 Å². The van der Waals surface area contributed by atoms with Gasteiger partial charge in [-0.25, -0.2) is 0 Å². The lowest BCUT2D eigenvalue weighted by Crippen LogP contribution is -2.17. The van der Waals surface area contributed by atoms with Crippen LogP contribution in [0.3, 0.4) is 0 Å². The molecule has 0 saturated heterocycles. The van der Waals surface area contributed by atoms with Crippen LogP contribution in [0, 0.1) is 6.92 Å². The number of fused-ring (bicyclic) bond motifs is 1. The summed E-state index contributed by atoms with van der Waals surface area (Å²) < 4.78 is 0. The quantitative estimate of drug-likeness (QED) is 0.746. The first kappa shape index (κ1) is 9.28. The summed E-state index contributed by atoms with van der Waals surface area (Å²) in [5.74, 6) is 0. The topological polar surface area (TPSA) is 41.8 Å². The number of benzene rings is 1. The van der Waals surface area contributed by atoms with Gasteiger partial charge < -0.3 is 10.7 Å². The molecule has 0 aliphatic heterocycles. The predicted molar refractivity (Wildman–Crippen MR) is 60.4 cm³/mol. The van der Waals surface area contributed by atoms with Crippen LogP contribution in [0.5, 0.6) is 0 Å². The van der Waals surface area contributed by atoms with Gasteiger partial charge in [-0.2, -0.15) is 0 Å². The zero-order chi connectivity index (χ0) is 10.1. The lowest BCUT2D eigenvalue weighted by molar-refractivity contribution is 0.741. The molecule has 0 amide bonds. The SMILES string of the molecule is Cc1cccc2[nH]cc(C[C@H](C)N)c12. The maximum absolute atomic E-state index is 5.81. The van der Waals surface area contributed by atoms with E-state index < -0.39 is 0 Å². The van der Waals surface area contributed by atoms with E-state index in [1.807, 2.05) is 6.92 Å². The third-order valence-electron chi connectivity index (χ3n) is 2.54. The van der Waals surface area contributed by atoms with Gasteiger partial charge in [0.2, 0.25) is 0 Å². The Hall–Kier alpha value is -1.28. The zero-order valence-electron chi connectivity index (χ0n) is 8.67. The molecule has 0 aliphatic rings. The highest BCUT2D eigenvalue weighted by molar-refractivity contribution is 5.86. The largest absolute Gasteiger partial charge is 0.361 e. The van der Waals surface area contributed by atoms with Crippen molar-refractivity contribution in [3.05, 3.63) is 35.5 Å². The molecule has 2 rings (SSSR count). The Morgan fingerprint density at radius 2 is 2.21 bits per heavy atom. The van der Waals surface area contributed by atoms with Gasteiger partial charge >= 0.3 is 0 Å². The minimum atomic E-state index is 0.216. The number of aryl methyl sites for hydroxylation is 1. The van der Waals surface area contributed by atoms with Gasteiger partial charge in [-0.3, -0.25) is 0 Å². The Labute approximate surface area is 84.1 Å². The molecule has 1 aromatic carbocycles. The third-order valence-corrected chi connectivity index (χ3v) is 2.54. The maximum Gasteiger partial charge on any atom is 0.0459 e. The number of aromatic amines is 1. The molecule has 3 N–H and O–H groups in total. The van der Waals surface area contributed by atoms with E-state index in [4.69, 9.17) is 5.73 Å². The van der Waals surface area contributed by atoms with E-state index >= 15 is 0 Å². The molecule has 0 saturated carbocycles. The van der Waals surface area contributed by atoms with Gasteiger partial charge in [-0.05, 0) is 37.5 Å². The van der Waals surface area contributed by atoms with Crippen molar-refractivity contribution in [1.82, 2.24) is 4.98 Å². The normalized spacial score (nSPS) is 13.4. The lowest BCUT2D eigenvalue weighted by Gasteiger charge is -2.04. The summed E-state index contributed by atoms with van der Waals surface area (Å²) in [6.45, 7) is 4.18. The fourth-order valence-electron chi connectivity index (χ4n) is 1.96. The first-order valence-electron chi connectivity index (χ1n) is 4.99. The molecule has 0 bridgehead atoms. The summed E-state index contributed by atoms with van der Waals surface area (Å²) in [7, 11) is 0. The Balaban J connectivity index is 2.55. The highest BCUT2D eigenvalue weighted by Gasteiger charge is 2.07. The van der Waals surface area contributed by atoms with Crippen molar-refractivity contribution in [1.29, 1.82) is 0 Å². The van der Waals surface area contributed by atoms with E-state index in [0.29, 0.717) is 0 Å². The second-order valence-corrected chi connectivity index (χ2v) is 3.99. The van der Waals surface area contributed by atoms with Crippen molar-refractivity contribution in [3.8, 4) is 0 Å². The van der Waals surface area contributed by atoms with E-state index in [-0.39, 0.29) is 6.04 Å². The summed E-state index contributed by atoms with van der Waals surface area (Å²) in [4.78, 5) is 3.28. The smallest absolute Gasteiger partial charge is 0.0459 e. The Morgan fingerprint density at radius 1 is 1.43 bits per heavy atom. The van der Waals surface area contributed by atoms with Crippen molar-refractivity contribution in [2.75, 3.05) is 0 Å². The second kappa shape index (κ2) is 3.46. The Morgan fingerprint density at radius 3 is 2.93 bits per heavy atom. The summed E-state index contributed by atoms with van der Waals surface area (Å²) in [6, 6.07) is 6.53. The fraction of sp³-hybridized carbons (Fsp3) is 0.333. The molecule has 14 heavy (non-hydrogen) atoms. The average Bonchev–Trinajstić information content (AvgIpc) is 2.49. The van der Waals surface area contributed by atoms with Crippen molar-refractivity contribution in [3.63, 3.8) is 0 Å². The van der Waals surface area contributed by atoms with Crippen LogP contribution in [0.4, 0.5) is 0 Å². The van der Waals surface area contributed by atoms with Gasteiger partial charge in [0.05, 0.1) is 0 Å². The first-order valence-corrected chi connectivity index (χ1v) is 4.99. The zero-order valence-corrected chi connectivity index (χ0v) is 8.67. The molecule has 0 spiro atoms. The van der Waals surface area contributed by atoms with Gasteiger partial charge in [-0.15, -0.1) is 0 Å². The van der Waals surface area contributed by atoms with Crippen LogP contribution < -0.4 is 5.73 Å². The maximum atomic E-state index is 5.81. The summed E-state index contributed by atoms with van der Waals surface area (Å²) in [6.07, 6.45) is 3.01. The van der Waals surface area contributed by atoms with Crippen molar-refractivity contribution in [2.24, 2.45) is 5.73 Å². The van der Waals surface area contributed by atoms with E-state index in [0.717, 1.165) is 6.42 Å². The van der Waals surface area contributed by atoms with Gasteiger partial charge in [0, 0.05) is 23.1 Å². The van der Waals surface area contributed by atoms with Crippen LogP contribution in [-0.4, -0.2) is 11.0 Å². The third kappa shape index (κ3) is 1.53. The molecule has 0 unspecified atom stereocenters. The summed E-state index contributed by atoms with van der Waals surface area (Å²) in [5.41, 5.74) is 9.67. The summed E-state index contributed by atoms with van der Waals surface area (Å²) in [5, 5.41) is 1.34. The molecule has 2 nitrogen and oxygen atoms in total. The molecule has 2 aromatic rings. The molecule has 74 valence electrons. The minimum absolute atomic E-state index is 0.216. The molecule has 0 aliphatic carbocycles. The van der Waals surface area contributed by atoms with Gasteiger partial charge in [0.1, 0.15) is 0 Å². The number of hydrogen-bond donors (Lipinski definition) is 2. The molecule has 2 heteroatoms. The van der Waals surface area contributed by atoms with Crippen LogP contribution in [-0.2, 0) is 6.42 Å². The van der Waals surface area contributed by atoms with E-state index in [1.54, 1.807) is 0 Å². The number of rotatable bonds is 2. The van der Waals surface area contributed by atoms with Crippen LogP contribution in [0.25, 0.3) is 10.9 Å². The van der Waals surface area contributed by atoms with Crippen molar-refractivity contribution in [2.45, 2.75) is 26.3 Å². The fourth-order valence-corrected chi connectivity index (χ4v) is 1.96. The molecular formula is C12H16N2. The standard InChI is InChI=1S/C12H16N2/c1-8-4-3-5-11-12(8)10(7-14-11)6-9(2)13/h3-5,7,9,14H,6,13H2,1-2H3/t9-/m0/s1. The van der Waals surface area contributed by atoms with Crippen molar-refractivity contribution < 1.29 is 0 Å². The minimum Gasteiger partial charge on any atom is -0.361 e. The Kier molecular flexibility index (Phi) is 2.30. The molecular weight excluding hydrogens is 172 g/mol. The molecule has 1 aromatic heterocycles. The number of aromatic nitrogens is 1. The summed E-state index contributed by atoms with van der Waals surface area (Å²) >= 11 is 0. The van der Waals surface area contributed by atoms with Crippen LogP contribution in [0.15, 0.2) is 24.4 Å².